The maximum atomic E-state index is 13.0. The molecule has 21 heavy (non-hydrogen) atoms. The number of furan rings is 1. The van der Waals surface area contributed by atoms with Gasteiger partial charge in [-0.05, 0) is 44.3 Å². The highest BCUT2D eigenvalue weighted by Gasteiger charge is 2.13. The SMILES string of the molecule is CCNC(CCN(C)Cc1ccco1)c1ccc(F)cn1. The fourth-order valence-corrected chi connectivity index (χ4v) is 2.29. The molecule has 5 heteroatoms. The molecule has 0 radical (unpaired) electrons. The number of rotatable bonds is 8. The lowest BCUT2D eigenvalue weighted by atomic mass is 10.1. The molecule has 0 saturated heterocycles. The summed E-state index contributed by atoms with van der Waals surface area (Å²) in [6.45, 7) is 4.59. The van der Waals surface area contributed by atoms with Gasteiger partial charge in [0.1, 0.15) is 11.6 Å². The Hall–Kier alpha value is -1.72. The third-order valence-electron chi connectivity index (χ3n) is 3.36. The predicted octanol–water partition coefficient (Wildman–Crippen LogP) is 2.99. The minimum Gasteiger partial charge on any atom is -0.468 e. The lowest BCUT2D eigenvalue weighted by Crippen LogP contribution is -2.27. The Balaban J connectivity index is 1.88. The quantitative estimate of drug-likeness (QED) is 0.812. The van der Waals surface area contributed by atoms with Crippen LogP contribution < -0.4 is 5.32 Å². The van der Waals surface area contributed by atoms with Crippen molar-refractivity contribution in [3.05, 3.63) is 54.0 Å². The fraction of sp³-hybridized carbons (Fsp3) is 0.438. The van der Waals surface area contributed by atoms with Crippen molar-refractivity contribution in [1.82, 2.24) is 15.2 Å². The van der Waals surface area contributed by atoms with Crippen LogP contribution in [0.15, 0.2) is 41.1 Å². The number of nitrogens with zero attached hydrogens (tertiary/aromatic N) is 2. The molecule has 4 nitrogen and oxygen atoms in total. The first-order chi connectivity index (χ1) is 10.2. The molecular weight excluding hydrogens is 269 g/mol. The molecule has 1 unspecified atom stereocenters. The number of hydrogen-bond donors (Lipinski definition) is 1. The molecular formula is C16H22FN3O. The second kappa shape index (κ2) is 7.90. The van der Waals surface area contributed by atoms with Gasteiger partial charge in [-0.2, -0.15) is 0 Å². The van der Waals surface area contributed by atoms with E-state index in [-0.39, 0.29) is 11.9 Å². The second-order valence-corrected chi connectivity index (χ2v) is 5.12. The Labute approximate surface area is 125 Å². The van der Waals surface area contributed by atoms with Crippen molar-refractivity contribution in [1.29, 1.82) is 0 Å². The Morgan fingerprint density at radius 3 is 2.86 bits per heavy atom. The summed E-state index contributed by atoms with van der Waals surface area (Å²) in [5.41, 5.74) is 0.879. The van der Waals surface area contributed by atoms with E-state index in [0.717, 1.165) is 37.5 Å². The molecule has 2 heterocycles. The van der Waals surface area contributed by atoms with E-state index in [2.05, 4.69) is 29.2 Å². The summed E-state index contributed by atoms with van der Waals surface area (Å²) < 4.78 is 18.3. The van der Waals surface area contributed by atoms with Gasteiger partial charge < -0.3 is 9.73 Å². The van der Waals surface area contributed by atoms with Crippen molar-refractivity contribution in [2.24, 2.45) is 0 Å². The van der Waals surface area contributed by atoms with E-state index in [9.17, 15) is 4.39 Å². The van der Waals surface area contributed by atoms with Crippen LogP contribution in [0.3, 0.4) is 0 Å². The summed E-state index contributed by atoms with van der Waals surface area (Å²) in [4.78, 5) is 6.38. The van der Waals surface area contributed by atoms with Gasteiger partial charge in [0.05, 0.1) is 30.7 Å². The van der Waals surface area contributed by atoms with Gasteiger partial charge in [-0.1, -0.05) is 6.92 Å². The van der Waals surface area contributed by atoms with E-state index < -0.39 is 0 Å². The van der Waals surface area contributed by atoms with Crippen molar-refractivity contribution in [2.45, 2.75) is 25.9 Å². The summed E-state index contributed by atoms with van der Waals surface area (Å²) in [5, 5.41) is 3.40. The number of hydrogen-bond acceptors (Lipinski definition) is 4. The zero-order valence-corrected chi connectivity index (χ0v) is 12.6. The number of halogens is 1. The van der Waals surface area contributed by atoms with Gasteiger partial charge in [0.2, 0.25) is 0 Å². The molecule has 2 aromatic rings. The average molecular weight is 291 g/mol. The highest BCUT2D eigenvalue weighted by atomic mass is 19.1. The Bertz CT molecular complexity index is 513. The van der Waals surface area contributed by atoms with E-state index in [0.29, 0.717) is 0 Å². The van der Waals surface area contributed by atoms with E-state index >= 15 is 0 Å². The number of pyridine rings is 1. The van der Waals surface area contributed by atoms with Gasteiger partial charge in [-0.25, -0.2) is 4.39 Å². The van der Waals surface area contributed by atoms with Crippen LogP contribution in [0.4, 0.5) is 4.39 Å². The lowest BCUT2D eigenvalue weighted by Gasteiger charge is -2.21. The van der Waals surface area contributed by atoms with Crippen LogP contribution in [0.5, 0.6) is 0 Å². The Morgan fingerprint density at radius 1 is 1.38 bits per heavy atom. The van der Waals surface area contributed by atoms with Crippen molar-refractivity contribution in [3.63, 3.8) is 0 Å². The van der Waals surface area contributed by atoms with Crippen LogP contribution in [-0.4, -0.2) is 30.0 Å². The topological polar surface area (TPSA) is 41.3 Å². The largest absolute Gasteiger partial charge is 0.468 e. The zero-order valence-electron chi connectivity index (χ0n) is 12.6. The van der Waals surface area contributed by atoms with Crippen molar-refractivity contribution in [2.75, 3.05) is 20.1 Å². The molecule has 0 aromatic carbocycles. The number of aromatic nitrogens is 1. The molecule has 0 aliphatic carbocycles. The van der Waals surface area contributed by atoms with Crippen molar-refractivity contribution < 1.29 is 8.81 Å². The minimum atomic E-state index is -0.302. The van der Waals surface area contributed by atoms with Crippen molar-refractivity contribution in [3.8, 4) is 0 Å². The van der Waals surface area contributed by atoms with Crippen LogP contribution in [-0.2, 0) is 6.54 Å². The number of nitrogens with one attached hydrogen (secondary N) is 1. The lowest BCUT2D eigenvalue weighted by molar-refractivity contribution is 0.276. The third-order valence-corrected chi connectivity index (χ3v) is 3.36. The van der Waals surface area contributed by atoms with Crippen LogP contribution in [0.25, 0.3) is 0 Å². The normalized spacial score (nSPS) is 12.8. The van der Waals surface area contributed by atoms with Crippen LogP contribution in [0.2, 0.25) is 0 Å². The van der Waals surface area contributed by atoms with Gasteiger partial charge in [0.25, 0.3) is 0 Å². The molecule has 1 atom stereocenters. The molecule has 0 aliphatic rings. The van der Waals surface area contributed by atoms with E-state index in [4.69, 9.17) is 4.42 Å². The van der Waals surface area contributed by atoms with Crippen LogP contribution in [0.1, 0.15) is 30.8 Å². The molecule has 1 N–H and O–H groups in total. The molecule has 0 amide bonds. The zero-order chi connectivity index (χ0) is 15.1. The highest BCUT2D eigenvalue weighted by molar-refractivity contribution is 5.10. The molecule has 114 valence electrons. The van der Waals surface area contributed by atoms with Gasteiger partial charge in [0.15, 0.2) is 0 Å². The molecule has 0 fully saturated rings. The molecule has 0 spiro atoms. The van der Waals surface area contributed by atoms with E-state index in [1.54, 1.807) is 12.3 Å². The Kier molecular flexibility index (Phi) is 5.90. The first-order valence-electron chi connectivity index (χ1n) is 7.24. The molecule has 2 aromatic heterocycles. The second-order valence-electron chi connectivity index (χ2n) is 5.12. The maximum absolute atomic E-state index is 13.0. The fourth-order valence-electron chi connectivity index (χ4n) is 2.29. The van der Waals surface area contributed by atoms with E-state index in [1.165, 1.54) is 12.3 Å². The van der Waals surface area contributed by atoms with Gasteiger partial charge >= 0.3 is 0 Å². The monoisotopic (exact) mass is 291 g/mol. The van der Waals surface area contributed by atoms with Crippen molar-refractivity contribution >= 4 is 0 Å². The molecule has 2 rings (SSSR count). The van der Waals surface area contributed by atoms with Gasteiger partial charge in [-0.3, -0.25) is 9.88 Å². The summed E-state index contributed by atoms with van der Waals surface area (Å²) in [7, 11) is 2.06. The molecule has 0 bridgehead atoms. The third kappa shape index (κ3) is 4.95. The summed E-state index contributed by atoms with van der Waals surface area (Å²) in [6, 6.07) is 7.20. The summed E-state index contributed by atoms with van der Waals surface area (Å²) >= 11 is 0. The first kappa shape index (κ1) is 15.7. The predicted molar refractivity (Wildman–Crippen MR) is 80.3 cm³/mol. The van der Waals surface area contributed by atoms with Gasteiger partial charge in [-0.15, -0.1) is 0 Å². The Morgan fingerprint density at radius 2 is 2.24 bits per heavy atom. The molecule has 0 aliphatic heterocycles. The smallest absolute Gasteiger partial charge is 0.141 e. The summed E-state index contributed by atoms with van der Waals surface area (Å²) in [6.07, 6.45) is 3.86. The maximum Gasteiger partial charge on any atom is 0.141 e. The summed E-state index contributed by atoms with van der Waals surface area (Å²) in [5.74, 6) is 0.654. The standard InChI is InChI=1S/C16H22FN3O/c1-3-18-16(15-7-6-13(17)11-19-15)8-9-20(2)12-14-5-4-10-21-14/h4-7,10-11,16,18H,3,8-9,12H2,1-2H3. The van der Waals surface area contributed by atoms with E-state index in [1.807, 2.05) is 12.1 Å². The van der Waals surface area contributed by atoms with Crippen LogP contribution >= 0.6 is 0 Å². The highest BCUT2D eigenvalue weighted by Crippen LogP contribution is 2.15. The minimum absolute atomic E-state index is 0.134. The first-order valence-corrected chi connectivity index (χ1v) is 7.24. The van der Waals surface area contributed by atoms with Gasteiger partial charge in [0, 0.05) is 6.54 Å². The average Bonchev–Trinajstić information content (AvgIpc) is 2.97. The molecule has 0 saturated carbocycles. The van der Waals surface area contributed by atoms with Crippen LogP contribution in [0, 0.1) is 5.82 Å².